The van der Waals surface area contributed by atoms with Gasteiger partial charge in [-0.15, -0.1) is 0 Å². The molecule has 1 saturated carbocycles. The molecule has 3 rings (SSSR count). The minimum atomic E-state index is 0.551. The highest BCUT2D eigenvalue weighted by Crippen LogP contribution is 2.28. The summed E-state index contributed by atoms with van der Waals surface area (Å²) in [5, 5.41) is 4.39. The molecule has 0 amide bonds. The number of nitrogens with zero attached hydrogens (tertiary/aromatic N) is 3. The zero-order valence-corrected chi connectivity index (χ0v) is 9.71. The molecule has 0 atom stereocenters. The summed E-state index contributed by atoms with van der Waals surface area (Å²) in [4.78, 5) is 4.09. The first-order chi connectivity index (χ1) is 8.31. The van der Waals surface area contributed by atoms with Crippen LogP contribution >= 0.6 is 0 Å². The average molecular weight is 228 g/mol. The molecule has 2 heterocycles. The molecule has 1 aliphatic carbocycles. The van der Waals surface area contributed by atoms with E-state index >= 15 is 0 Å². The van der Waals surface area contributed by atoms with Crippen LogP contribution in [0.4, 0.5) is 5.82 Å². The minimum absolute atomic E-state index is 0.551. The monoisotopic (exact) mass is 228 g/mol. The van der Waals surface area contributed by atoms with Gasteiger partial charge in [0.15, 0.2) is 0 Å². The van der Waals surface area contributed by atoms with Crippen molar-refractivity contribution in [1.82, 2.24) is 14.8 Å². The molecule has 2 aromatic rings. The number of pyridine rings is 1. The van der Waals surface area contributed by atoms with Gasteiger partial charge in [0.05, 0.1) is 6.20 Å². The molecule has 4 nitrogen and oxygen atoms in total. The quantitative estimate of drug-likeness (QED) is 0.877. The highest BCUT2D eigenvalue weighted by Gasteiger charge is 2.18. The predicted octanol–water partition coefficient (Wildman–Crippen LogP) is 2.33. The third kappa shape index (κ3) is 2.16. The van der Waals surface area contributed by atoms with Gasteiger partial charge >= 0.3 is 0 Å². The van der Waals surface area contributed by atoms with Crippen molar-refractivity contribution in [3.63, 3.8) is 0 Å². The van der Waals surface area contributed by atoms with E-state index in [0.717, 1.165) is 23.6 Å². The molecule has 0 bridgehead atoms. The van der Waals surface area contributed by atoms with E-state index in [1.54, 1.807) is 6.20 Å². The summed E-state index contributed by atoms with van der Waals surface area (Å²) in [6.07, 6.45) is 9.84. The molecule has 2 N–H and O–H groups in total. The number of rotatable bonds is 3. The van der Waals surface area contributed by atoms with Crippen LogP contribution in [-0.2, 0) is 6.54 Å². The van der Waals surface area contributed by atoms with Gasteiger partial charge in [-0.3, -0.25) is 4.68 Å². The van der Waals surface area contributed by atoms with Crippen LogP contribution in [0.25, 0.3) is 11.1 Å². The number of nitrogens with two attached hydrogens (primary N) is 1. The summed E-state index contributed by atoms with van der Waals surface area (Å²) in [7, 11) is 0. The van der Waals surface area contributed by atoms with Crippen molar-refractivity contribution in [3.05, 3.63) is 30.7 Å². The fourth-order valence-corrected chi connectivity index (χ4v) is 2.13. The summed E-state index contributed by atoms with van der Waals surface area (Å²) in [5.41, 5.74) is 7.75. The smallest absolute Gasteiger partial charge is 0.123 e. The van der Waals surface area contributed by atoms with Gasteiger partial charge in [-0.2, -0.15) is 5.10 Å². The van der Waals surface area contributed by atoms with E-state index in [9.17, 15) is 0 Å². The Bertz CT molecular complexity index is 496. The molecule has 4 heteroatoms. The lowest BCUT2D eigenvalue weighted by Crippen LogP contribution is -2.18. The molecular weight excluding hydrogens is 212 g/mol. The second kappa shape index (κ2) is 4.20. The van der Waals surface area contributed by atoms with Crippen molar-refractivity contribution < 1.29 is 0 Å². The maximum atomic E-state index is 5.57. The Morgan fingerprint density at radius 2 is 2.12 bits per heavy atom. The Balaban J connectivity index is 1.76. The first-order valence-electron chi connectivity index (χ1n) is 6.05. The third-order valence-corrected chi connectivity index (χ3v) is 3.42. The first-order valence-corrected chi connectivity index (χ1v) is 6.05. The highest BCUT2D eigenvalue weighted by molar-refractivity contribution is 5.61. The summed E-state index contributed by atoms with van der Waals surface area (Å²) >= 11 is 0. The molecule has 1 fully saturated rings. The van der Waals surface area contributed by atoms with E-state index < -0.39 is 0 Å². The van der Waals surface area contributed by atoms with E-state index in [1.807, 2.05) is 23.0 Å². The van der Waals surface area contributed by atoms with Crippen molar-refractivity contribution in [3.8, 4) is 11.1 Å². The third-order valence-electron chi connectivity index (χ3n) is 3.42. The van der Waals surface area contributed by atoms with Crippen molar-refractivity contribution in [1.29, 1.82) is 0 Å². The Morgan fingerprint density at radius 1 is 1.24 bits per heavy atom. The van der Waals surface area contributed by atoms with Gasteiger partial charge in [0.2, 0.25) is 0 Å². The summed E-state index contributed by atoms with van der Waals surface area (Å²) < 4.78 is 2.04. The van der Waals surface area contributed by atoms with E-state index in [0.29, 0.717) is 5.82 Å². The summed E-state index contributed by atoms with van der Waals surface area (Å²) in [5.74, 6) is 1.38. The normalized spacial score (nSPS) is 15.8. The predicted molar refractivity (Wildman–Crippen MR) is 67.2 cm³/mol. The summed E-state index contributed by atoms with van der Waals surface area (Å²) in [6.45, 7) is 1.04. The number of hydrogen-bond acceptors (Lipinski definition) is 3. The molecule has 0 spiro atoms. The standard InChI is InChI=1S/C13H16N4/c14-13-5-4-11(6-15-13)12-7-16-17(9-12)8-10-2-1-3-10/h4-7,9-10H,1-3,8H2,(H2,14,15). The van der Waals surface area contributed by atoms with Crippen LogP contribution in [0, 0.1) is 5.92 Å². The zero-order chi connectivity index (χ0) is 11.7. The lowest BCUT2D eigenvalue weighted by molar-refractivity contribution is 0.266. The number of aromatic nitrogens is 3. The van der Waals surface area contributed by atoms with Gasteiger partial charge in [-0.1, -0.05) is 6.42 Å². The molecule has 17 heavy (non-hydrogen) atoms. The molecular formula is C13H16N4. The van der Waals surface area contributed by atoms with Crippen LogP contribution in [0.2, 0.25) is 0 Å². The van der Waals surface area contributed by atoms with Crippen molar-refractivity contribution in [2.24, 2.45) is 5.92 Å². The van der Waals surface area contributed by atoms with E-state index in [1.165, 1.54) is 19.3 Å². The molecule has 0 radical (unpaired) electrons. The maximum absolute atomic E-state index is 5.57. The molecule has 2 aromatic heterocycles. The van der Waals surface area contributed by atoms with Gasteiger partial charge in [-0.05, 0) is 30.9 Å². The second-order valence-electron chi connectivity index (χ2n) is 4.72. The van der Waals surface area contributed by atoms with E-state index in [-0.39, 0.29) is 0 Å². The van der Waals surface area contributed by atoms with Gasteiger partial charge in [0.25, 0.3) is 0 Å². The lowest BCUT2D eigenvalue weighted by atomic mass is 9.85. The number of nitrogen functional groups attached to an aromatic ring is 1. The van der Waals surface area contributed by atoms with Crippen molar-refractivity contribution in [2.45, 2.75) is 25.8 Å². The molecule has 0 aliphatic heterocycles. The Kier molecular flexibility index (Phi) is 2.55. The Labute approximate surface area is 100 Å². The lowest BCUT2D eigenvalue weighted by Gasteiger charge is -2.24. The average Bonchev–Trinajstić information content (AvgIpc) is 2.73. The van der Waals surface area contributed by atoms with E-state index in [2.05, 4.69) is 16.3 Å². The zero-order valence-electron chi connectivity index (χ0n) is 9.71. The fraction of sp³-hybridized carbons (Fsp3) is 0.385. The van der Waals surface area contributed by atoms with Crippen LogP contribution in [-0.4, -0.2) is 14.8 Å². The van der Waals surface area contributed by atoms with Crippen LogP contribution in [0.5, 0.6) is 0 Å². The van der Waals surface area contributed by atoms with Gasteiger partial charge < -0.3 is 5.73 Å². The SMILES string of the molecule is Nc1ccc(-c2cnn(CC3CCC3)c2)cn1. The van der Waals surface area contributed by atoms with Crippen LogP contribution in [0.15, 0.2) is 30.7 Å². The molecule has 88 valence electrons. The first kappa shape index (κ1) is 10.3. The van der Waals surface area contributed by atoms with Crippen molar-refractivity contribution in [2.75, 3.05) is 5.73 Å². The van der Waals surface area contributed by atoms with Crippen LogP contribution in [0.3, 0.4) is 0 Å². The van der Waals surface area contributed by atoms with Gasteiger partial charge in [0, 0.05) is 30.1 Å². The topological polar surface area (TPSA) is 56.7 Å². The maximum Gasteiger partial charge on any atom is 0.123 e. The summed E-state index contributed by atoms with van der Waals surface area (Å²) in [6, 6.07) is 3.80. The van der Waals surface area contributed by atoms with Crippen LogP contribution < -0.4 is 5.73 Å². The van der Waals surface area contributed by atoms with Gasteiger partial charge in [0.1, 0.15) is 5.82 Å². The van der Waals surface area contributed by atoms with Gasteiger partial charge in [-0.25, -0.2) is 4.98 Å². The Hall–Kier alpha value is -1.84. The van der Waals surface area contributed by atoms with E-state index in [4.69, 9.17) is 5.73 Å². The van der Waals surface area contributed by atoms with Crippen LogP contribution in [0.1, 0.15) is 19.3 Å². The second-order valence-corrected chi connectivity index (χ2v) is 4.72. The molecule has 0 unspecified atom stereocenters. The minimum Gasteiger partial charge on any atom is -0.384 e. The number of anilines is 1. The highest BCUT2D eigenvalue weighted by atomic mass is 15.3. The molecule has 0 aromatic carbocycles. The number of hydrogen-bond donors (Lipinski definition) is 1. The molecule has 0 saturated heterocycles. The molecule has 1 aliphatic rings. The largest absolute Gasteiger partial charge is 0.384 e. The van der Waals surface area contributed by atoms with Crippen molar-refractivity contribution >= 4 is 5.82 Å². The Morgan fingerprint density at radius 3 is 2.76 bits per heavy atom. The fourth-order valence-electron chi connectivity index (χ4n) is 2.13.